The van der Waals surface area contributed by atoms with E-state index in [9.17, 15) is 4.79 Å². The van der Waals surface area contributed by atoms with Crippen LogP contribution >= 0.6 is 23.4 Å². The Morgan fingerprint density at radius 1 is 1.12 bits per heavy atom. The Bertz CT molecular complexity index is 790. The van der Waals surface area contributed by atoms with E-state index >= 15 is 0 Å². The van der Waals surface area contributed by atoms with Crippen molar-refractivity contribution in [2.24, 2.45) is 0 Å². The topological polar surface area (TPSA) is 68.0 Å². The lowest BCUT2D eigenvalue weighted by Gasteiger charge is -2.04. The van der Waals surface area contributed by atoms with Crippen molar-refractivity contribution in [3.8, 4) is 11.3 Å². The molecular formula is C17H14ClN3O2S. The van der Waals surface area contributed by atoms with E-state index in [1.165, 1.54) is 11.8 Å². The number of thioether (sulfide) groups is 1. The van der Waals surface area contributed by atoms with Crippen molar-refractivity contribution in [1.82, 2.24) is 15.5 Å². The number of rotatable bonds is 6. The lowest BCUT2D eigenvalue weighted by Crippen LogP contribution is -2.24. The molecule has 1 aromatic carbocycles. The second-order valence-electron chi connectivity index (χ2n) is 4.91. The van der Waals surface area contributed by atoms with Gasteiger partial charge in [-0.15, -0.1) is 10.2 Å². The van der Waals surface area contributed by atoms with Crippen molar-refractivity contribution >= 4 is 29.3 Å². The summed E-state index contributed by atoms with van der Waals surface area (Å²) in [5.41, 5.74) is 1.71. The number of nitrogens with one attached hydrogen (secondary N) is 1. The maximum Gasteiger partial charge on any atom is 0.230 e. The predicted molar refractivity (Wildman–Crippen MR) is 93.8 cm³/mol. The quantitative estimate of drug-likeness (QED) is 0.678. The standard InChI is InChI=1S/C17H14ClN3O2S/c18-13-5-3-12(4-6-13)15-7-8-17(21-20-15)24-11-16(22)19-10-14-2-1-9-23-14/h1-9H,10-11H2,(H,19,22). The Morgan fingerprint density at radius 3 is 2.62 bits per heavy atom. The molecule has 122 valence electrons. The number of carbonyl (C=O) groups excluding carboxylic acids is 1. The number of nitrogens with zero attached hydrogens (tertiary/aromatic N) is 2. The highest BCUT2D eigenvalue weighted by Crippen LogP contribution is 2.21. The Balaban J connectivity index is 1.50. The van der Waals surface area contributed by atoms with Crippen LogP contribution in [0.1, 0.15) is 5.76 Å². The normalized spacial score (nSPS) is 10.5. The van der Waals surface area contributed by atoms with Gasteiger partial charge in [-0.2, -0.15) is 0 Å². The maximum absolute atomic E-state index is 11.8. The average Bonchev–Trinajstić information content (AvgIpc) is 3.13. The van der Waals surface area contributed by atoms with Crippen LogP contribution in [0.25, 0.3) is 11.3 Å². The molecule has 0 spiro atoms. The Morgan fingerprint density at radius 2 is 1.96 bits per heavy atom. The first-order valence-electron chi connectivity index (χ1n) is 7.22. The number of furan rings is 1. The SMILES string of the molecule is O=C(CSc1ccc(-c2ccc(Cl)cc2)nn1)NCc1ccco1. The van der Waals surface area contributed by atoms with Gasteiger partial charge in [-0.05, 0) is 36.4 Å². The molecule has 0 aliphatic rings. The van der Waals surface area contributed by atoms with Crippen molar-refractivity contribution in [1.29, 1.82) is 0 Å². The third-order valence-corrected chi connectivity index (χ3v) is 4.34. The Labute approximate surface area is 148 Å². The summed E-state index contributed by atoms with van der Waals surface area (Å²) in [7, 11) is 0. The zero-order valence-corrected chi connectivity index (χ0v) is 14.2. The number of aromatic nitrogens is 2. The zero-order valence-electron chi connectivity index (χ0n) is 12.6. The van der Waals surface area contributed by atoms with E-state index in [1.807, 2.05) is 42.5 Å². The number of halogens is 1. The average molecular weight is 360 g/mol. The fourth-order valence-electron chi connectivity index (χ4n) is 1.96. The second kappa shape index (κ2) is 7.99. The summed E-state index contributed by atoms with van der Waals surface area (Å²) >= 11 is 7.21. The molecule has 0 saturated carbocycles. The fraction of sp³-hybridized carbons (Fsp3) is 0.118. The van der Waals surface area contributed by atoms with Gasteiger partial charge in [0.2, 0.25) is 5.91 Å². The van der Waals surface area contributed by atoms with E-state index in [0.29, 0.717) is 16.6 Å². The first-order valence-corrected chi connectivity index (χ1v) is 8.58. The molecule has 0 aliphatic heterocycles. The van der Waals surface area contributed by atoms with E-state index in [1.54, 1.807) is 12.3 Å². The summed E-state index contributed by atoms with van der Waals surface area (Å²) in [6, 6.07) is 14.7. The zero-order chi connectivity index (χ0) is 16.8. The summed E-state index contributed by atoms with van der Waals surface area (Å²) in [4.78, 5) is 11.8. The highest BCUT2D eigenvalue weighted by Gasteiger charge is 2.06. The number of benzene rings is 1. The monoisotopic (exact) mass is 359 g/mol. The van der Waals surface area contributed by atoms with Gasteiger partial charge in [0.25, 0.3) is 0 Å². The van der Waals surface area contributed by atoms with Crippen LogP contribution in [0.5, 0.6) is 0 Å². The predicted octanol–water partition coefficient (Wildman–Crippen LogP) is 3.80. The molecule has 0 bridgehead atoms. The Hall–Kier alpha value is -2.31. The van der Waals surface area contributed by atoms with Crippen molar-refractivity contribution in [2.45, 2.75) is 11.6 Å². The molecule has 7 heteroatoms. The molecule has 1 N–H and O–H groups in total. The summed E-state index contributed by atoms with van der Waals surface area (Å²) < 4.78 is 5.16. The smallest absolute Gasteiger partial charge is 0.230 e. The van der Waals surface area contributed by atoms with Gasteiger partial charge in [-0.25, -0.2) is 0 Å². The van der Waals surface area contributed by atoms with Crippen LogP contribution in [0.4, 0.5) is 0 Å². The van der Waals surface area contributed by atoms with E-state index in [2.05, 4.69) is 15.5 Å². The molecule has 2 heterocycles. The minimum atomic E-state index is -0.0834. The number of hydrogen-bond acceptors (Lipinski definition) is 5. The third kappa shape index (κ3) is 4.59. The van der Waals surface area contributed by atoms with E-state index < -0.39 is 0 Å². The molecule has 1 amide bonds. The van der Waals surface area contributed by atoms with Crippen LogP contribution in [-0.2, 0) is 11.3 Å². The summed E-state index contributed by atoms with van der Waals surface area (Å²) in [5, 5.41) is 12.5. The van der Waals surface area contributed by atoms with Crippen LogP contribution in [0.15, 0.2) is 64.2 Å². The number of carbonyl (C=O) groups is 1. The summed E-state index contributed by atoms with van der Waals surface area (Å²) in [5.74, 6) is 0.913. The van der Waals surface area contributed by atoms with Gasteiger partial charge < -0.3 is 9.73 Å². The minimum Gasteiger partial charge on any atom is -0.467 e. The molecule has 3 rings (SSSR count). The summed E-state index contributed by atoms with van der Waals surface area (Å²) in [6.07, 6.45) is 1.58. The number of amides is 1. The highest BCUT2D eigenvalue weighted by atomic mass is 35.5. The van der Waals surface area contributed by atoms with Crippen LogP contribution in [0.2, 0.25) is 5.02 Å². The van der Waals surface area contributed by atoms with Gasteiger partial charge in [0, 0.05) is 10.6 Å². The third-order valence-electron chi connectivity index (χ3n) is 3.17. The lowest BCUT2D eigenvalue weighted by atomic mass is 10.1. The van der Waals surface area contributed by atoms with Gasteiger partial charge in [0.15, 0.2) is 0 Å². The molecule has 2 aromatic heterocycles. The maximum atomic E-state index is 11.8. The van der Waals surface area contributed by atoms with Gasteiger partial charge in [-0.3, -0.25) is 4.79 Å². The van der Waals surface area contributed by atoms with Crippen molar-refractivity contribution in [2.75, 3.05) is 5.75 Å². The molecule has 0 unspecified atom stereocenters. The van der Waals surface area contributed by atoms with E-state index in [0.717, 1.165) is 17.0 Å². The van der Waals surface area contributed by atoms with Crippen molar-refractivity contribution in [3.05, 3.63) is 65.6 Å². The van der Waals surface area contributed by atoms with Crippen LogP contribution < -0.4 is 5.32 Å². The Kier molecular flexibility index (Phi) is 5.51. The molecule has 0 aliphatic carbocycles. The van der Waals surface area contributed by atoms with Gasteiger partial charge in [0.1, 0.15) is 10.8 Å². The second-order valence-corrected chi connectivity index (χ2v) is 6.34. The number of hydrogen-bond donors (Lipinski definition) is 1. The first-order chi connectivity index (χ1) is 11.7. The fourth-order valence-corrected chi connectivity index (χ4v) is 2.73. The molecule has 0 atom stereocenters. The molecule has 5 nitrogen and oxygen atoms in total. The van der Waals surface area contributed by atoms with Crippen LogP contribution in [0, 0.1) is 0 Å². The molecular weight excluding hydrogens is 346 g/mol. The van der Waals surface area contributed by atoms with Gasteiger partial charge >= 0.3 is 0 Å². The summed E-state index contributed by atoms with van der Waals surface area (Å²) in [6.45, 7) is 0.383. The van der Waals surface area contributed by atoms with Crippen molar-refractivity contribution in [3.63, 3.8) is 0 Å². The first kappa shape index (κ1) is 16.5. The molecule has 24 heavy (non-hydrogen) atoms. The van der Waals surface area contributed by atoms with E-state index in [4.69, 9.17) is 16.0 Å². The van der Waals surface area contributed by atoms with Crippen LogP contribution in [-0.4, -0.2) is 21.9 Å². The van der Waals surface area contributed by atoms with E-state index in [-0.39, 0.29) is 11.7 Å². The minimum absolute atomic E-state index is 0.0834. The van der Waals surface area contributed by atoms with Crippen molar-refractivity contribution < 1.29 is 9.21 Å². The highest BCUT2D eigenvalue weighted by molar-refractivity contribution is 7.99. The van der Waals surface area contributed by atoms with Crippen LogP contribution in [0.3, 0.4) is 0 Å². The molecule has 0 saturated heterocycles. The molecule has 0 radical (unpaired) electrons. The lowest BCUT2D eigenvalue weighted by molar-refractivity contribution is -0.118. The van der Waals surface area contributed by atoms with Gasteiger partial charge in [0.05, 0.1) is 24.3 Å². The molecule has 3 aromatic rings. The van der Waals surface area contributed by atoms with Gasteiger partial charge in [-0.1, -0.05) is 35.5 Å². The largest absolute Gasteiger partial charge is 0.467 e. The molecule has 0 fully saturated rings.